The standard InChI is InChI=1S/C20H21ClN4O2/c1-2-10-22-11-12-23-19(26)16-8-3-4-9-17(16)20-24-18(25-27-20)14-6-5-7-15(21)13-14/h3-9,13,22H,2,10-12H2,1H3,(H,23,26). The first-order valence-corrected chi connectivity index (χ1v) is 9.25. The van der Waals surface area contributed by atoms with E-state index in [0.717, 1.165) is 25.1 Å². The molecule has 0 spiro atoms. The molecule has 0 saturated carbocycles. The highest BCUT2D eigenvalue weighted by molar-refractivity contribution is 6.30. The van der Waals surface area contributed by atoms with Crippen LogP contribution >= 0.6 is 11.6 Å². The molecule has 0 aliphatic carbocycles. The van der Waals surface area contributed by atoms with Gasteiger partial charge < -0.3 is 15.2 Å². The second kappa shape index (κ2) is 9.30. The van der Waals surface area contributed by atoms with E-state index < -0.39 is 0 Å². The Morgan fingerprint density at radius 1 is 1.11 bits per heavy atom. The molecule has 7 heteroatoms. The number of carbonyl (C=O) groups excluding carboxylic acids is 1. The van der Waals surface area contributed by atoms with Crippen molar-refractivity contribution in [2.45, 2.75) is 13.3 Å². The lowest BCUT2D eigenvalue weighted by Crippen LogP contribution is -2.32. The van der Waals surface area contributed by atoms with Crippen LogP contribution in [0.3, 0.4) is 0 Å². The van der Waals surface area contributed by atoms with E-state index in [1.807, 2.05) is 24.3 Å². The summed E-state index contributed by atoms with van der Waals surface area (Å²) in [5.74, 6) is 0.540. The van der Waals surface area contributed by atoms with E-state index >= 15 is 0 Å². The van der Waals surface area contributed by atoms with Crippen molar-refractivity contribution in [3.63, 3.8) is 0 Å². The maximum absolute atomic E-state index is 12.5. The minimum absolute atomic E-state index is 0.175. The molecule has 2 N–H and O–H groups in total. The summed E-state index contributed by atoms with van der Waals surface area (Å²) in [5.41, 5.74) is 1.84. The minimum Gasteiger partial charge on any atom is -0.351 e. The molecule has 0 unspecified atom stereocenters. The second-order valence-electron chi connectivity index (χ2n) is 5.98. The van der Waals surface area contributed by atoms with E-state index in [1.165, 1.54) is 0 Å². The van der Waals surface area contributed by atoms with Crippen molar-refractivity contribution >= 4 is 17.5 Å². The second-order valence-corrected chi connectivity index (χ2v) is 6.42. The Kier molecular flexibility index (Phi) is 6.57. The molecule has 0 aliphatic heterocycles. The summed E-state index contributed by atoms with van der Waals surface area (Å²) in [6.07, 6.45) is 1.06. The topological polar surface area (TPSA) is 80.0 Å². The van der Waals surface area contributed by atoms with Crippen LogP contribution in [-0.2, 0) is 0 Å². The van der Waals surface area contributed by atoms with Crippen LogP contribution in [0.4, 0.5) is 0 Å². The highest BCUT2D eigenvalue weighted by Gasteiger charge is 2.17. The summed E-state index contributed by atoms with van der Waals surface area (Å²) in [4.78, 5) is 17.0. The van der Waals surface area contributed by atoms with Gasteiger partial charge in [0, 0.05) is 23.7 Å². The number of nitrogens with zero attached hydrogens (tertiary/aromatic N) is 2. The van der Waals surface area contributed by atoms with Crippen LogP contribution in [0.15, 0.2) is 53.1 Å². The Hall–Kier alpha value is -2.70. The van der Waals surface area contributed by atoms with Crippen molar-refractivity contribution < 1.29 is 9.32 Å². The van der Waals surface area contributed by atoms with Crippen molar-refractivity contribution in [3.05, 3.63) is 59.1 Å². The molecule has 0 aliphatic rings. The summed E-state index contributed by atoms with van der Waals surface area (Å²) < 4.78 is 5.40. The predicted molar refractivity (Wildman–Crippen MR) is 106 cm³/mol. The number of halogens is 1. The van der Waals surface area contributed by atoms with Gasteiger partial charge in [0.05, 0.1) is 11.1 Å². The number of hydrogen-bond donors (Lipinski definition) is 2. The molecule has 0 bridgehead atoms. The number of aromatic nitrogens is 2. The Balaban J connectivity index is 1.77. The summed E-state index contributed by atoms with van der Waals surface area (Å²) in [7, 11) is 0. The van der Waals surface area contributed by atoms with E-state index in [2.05, 4.69) is 27.7 Å². The maximum Gasteiger partial charge on any atom is 0.259 e. The molecule has 3 rings (SSSR count). The van der Waals surface area contributed by atoms with Crippen LogP contribution in [-0.4, -0.2) is 35.7 Å². The fourth-order valence-corrected chi connectivity index (χ4v) is 2.80. The van der Waals surface area contributed by atoms with Gasteiger partial charge in [0.25, 0.3) is 11.8 Å². The average Bonchev–Trinajstić information content (AvgIpc) is 3.18. The number of amides is 1. The first kappa shape index (κ1) is 19.1. The van der Waals surface area contributed by atoms with Crippen LogP contribution in [0.1, 0.15) is 23.7 Å². The Morgan fingerprint density at radius 2 is 1.96 bits per heavy atom. The number of nitrogens with one attached hydrogen (secondary N) is 2. The zero-order valence-corrected chi connectivity index (χ0v) is 15.8. The number of rotatable bonds is 8. The van der Waals surface area contributed by atoms with E-state index in [-0.39, 0.29) is 5.91 Å². The first-order valence-electron chi connectivity index (χ1n) is 8.87. The lowest BCUT2D eigenvalue weighted by molar-refractivity contribution is 0.0954. The highest BCUT2D eigenvalue weighted by atomic mass is 35.5. The summed E-state index contributed by atoms with van der Waals surface area (Å²) in [6, 6.07) is 14.4. The van der Waals surface area contributed by atoms with Gasteiger partial charge in [0.2, 0.25) is 5.82 Å². The van der Waals surface area contributed by atoms with Gasteiger partial charge in [-0.3, -0.25) is 4.79 Å². The first-order chi connectivity index (χ1) is 13.2. The summed E-state index contributed by atoms with van der Waals surface area (Å²) in [6.45, 7) is 4.30. The highest BCUT2D eigenvalue weighted by Crippen LogP contribution is 2.26. The minimum atomic E-state index is -0.175. The number of benzene rings is 2. The predicted octanol–water partition coefficient (Wildman–Crippen LogP) is 3.79. The van der Waals surface area contributed by atoms with Crippen LogP contribution in [0.25, 0.3) is 22.8 Å². The summed E-state index contributed by atoms with van der Waals surface area (Å²) >= 11 is 6.02. The van der Waals surface area contributed by atoms with Crippen LogP contribution in [0.2, 0.25) is 5.02 Å². The zero-order valence-electron chi connectivity index (χ0n) is 15.0. The Bertz CT molecular complexity index is 910. The lowest BCUT2D eigenvalue weighted by Gasteiger charge is -2.08. The molecule has 3 aromatic rings. The van der Waals surface area contributed by atoms with Gasteiger partial charge in [-0.25, -0.2) is 0 Å². The largest absolute Gasteiger partial charge is 0.351 e. The monoisotopic (exact) mass is 384 g/mol. The normalized spacial score (nSPS) is 10.7. The lowest BCUT2D eigenvalue weighted by atomic mass is 10.1. The van der Waals surface area contributed by atoms with Crippen LogP contribution in [0.5, 0.6) is 0 Å². The van der Waals surface area contributed by atoms with E-state index in [9.17, 15) is 4.79 Å². The summed E-state index contributed by atoms with van der Waals surface area (Å²) in [5, 5.41) is 10.8. The zero-order chi connectivity index (χ0) is 19.1. The third-order valence-corrected chi connectivity index (χ3v) is 4.16. The maximum atomic E-state index is 12.5. The van der Waals surface area contributed by atoms with Gasteiger partial charge in [0.1, 0.15) is 0 Å². The number of hydrogen-bond acceptors (Lipinski definition) is 5. The van der Waals surface area contributed by atoms with E-state index in [1.54, 1.807) is 24.3 Å². The van der Waals surface area contributed by atoms with E-state index in [4.69, 9.17) is 16.1 Å². The molecule has 2 aromatic carbocycles. The van der Waals surface area contributed by atoms with Gasteiger partial charge in [-0.05, 0) is 37.2 Å². The molecule has 1 heterocycles. The van der Waals surface area contributed by atoms with Gasteiger partial charge in [-0.15, -0.1) is 0 Å². The molecule has 6 nitrogen and oxygen atoms in total. The molecule has 1 amide bonds. The molecule has 140 valence electrons. The molecule has 0 radical (unpaired) electrons. The van der Waals surface area contributed by atoms with Crippen molar-refractivity contribution in [1.29, 1.82) is 0 Å². The fourth-order valence-electron chi connectivity index (χ4n) is 2.61. The van der Waals surface area contributed by atoms with Crippen molar-refractivity contribution in [1.82, 2.24) is 20.8 Å². The number of carbonyl (C=O) groups is 1. The van der Waals surface area contributed by atoms with Crippen molar-refractivity contribution in [2.75, 3.05) is 19.6 Å². The van der Waals surface area contributed by atoms with Gasteiger partial charge >= 0.3 is 0 Å². The molecular weight excluding hydrogens is 364 g/mol. The molecule has 27 heavy (non-hydrogen) atoms. The molecule has 0 fully saturated rings. The van der Waals surface area contributed by atoms with Crippen LogP contribution in [0, 0.1) is 0 Å². The van der Waals surface area contributed by atoms with Crippen molar-refractivity contribution in [3.8, 4) is 22.8 Å². The molecule has 0 atom stereocenters. The molecule has 0 saturated heterocycles. The third kappa shape index (κ3) is 4.93. The fraction of sp³-hybridized carbons (Fsp3) is 0.250. The quantitative estimate of drug-likeness (QED) is 0.577. The van der Waals surface area contributed by atoms with Crippen molar-refractivity contribution in [2.24, 2.45) is 0 Å². The smallest absolute Gasteiger partial charge is 0.259 e. The third-order valence-electron chi connectivity index (χ3n) is 3.93. The van der Waals surface area contributed by atoms with Gasteiger partial charge in [0.15, 0.2) is 0 Å². The van der Waals surface area contributed by atoms with Gasteiger partial charge in [-0.1, -0.05) is 47.9 Å². The Morgan fingerprint density at radius 3 is 2.78 bits per heavy atom. The van der Waals surface area contributed by atoms with Gasteiger partial charge in [-0.2, -0.15) is 4.98 Å². The molecular formula is C20H21ClN4O2. The van der Waals surface area contributed by atoms with Crippen LogP contribution < -0.4 is 10.6 Å². The SMILES string of the molecule is CCCNCCNC(=O)c1ccccc1-c1nc(-c2cccc(Cl)c2)no1. The Labute approximate surface area is 162 Å². The average molecular weight is 385 g/mol. The molecule has 1 aromatic heterocycles. The van der Waals surface area contributed by atoms with E-state index in [0.29, 0.717) is 34.4 Å².